The molecule has 9 heteroatoms. The fourth-order valence-electron chi connectivity index (χ4n) is 3.48. The summed E-state index contributed by atoms with van der Waals surface area (Å²) in [5.41, 5.74) is 2.87. The Bertz CT molecular complexity index is 1220. The highest BCUT2D eigenvalue weighted by Crippen LogP contribution is 2.36. The number of hydrogen-bond acceptors (Lipinski definition) is 6. The normalized spacial score (nSPS) is 16.7. The van der Waals surface area contributed by atoms with E-state index >= 15 is 0 Å². The first kappa shape index (κ1) is 21.6. The maximum atomic E-state index is 13.0. The number of sulfonamides is 1. The van der Waals surface area contributed by atoms with Crippen LogP contribution < -0.4 is 9.62 Å². The summed E-state index contributed by atoms with van der Waals surface area (Å²) in [7, 11) is -3.61. The molecule has 0 saturated carbocycles. The molecule has 3 aromatic rings. The van der Waals surface area contributed by atoms with Crippen LogP contribution in [0, 0.1) is 13.8 Å². The minimum absolute atomic E-state index is 0.129. The first-order valence-electron chi connectivity index (χ1n) is 9.52. The number of carbonyl (C=O) groups excluding carboxylic acids is 2. The largest absolute Gasteiger partial charge is 0.279 e. The summed E-state index contributed by atoms with van der Waals surface area (Å²) in [6.07, 6.45) is 0.129. The Morgan fingerprint density at radius 2 is 1.68 bits per heavy atom. The van der Waals surface area contributed by atoms with Crippen LogP contribution in [0.5, 0.6) is 0 Å². The van der Waals surface area contributed by atoms with E-state index in [1.54, 1.807) is 41.8 Å². The van der Waals surface area contributed by atoms with Gasteiger partial charge in [-0.05, 0) is 60.7 Å². The van der Waals surface area contributed by atoms with E-state index in [-0.39, 0.29) is 22.4 Å². The Hall–Kier alpha value is -2.62. The number of para-hydroxylation sites is 1. The minimum Gasteiger partial charge on any atom is -0.279 e. The molecule has 1 N–H and O–H groups in total. The van der Waals surface area contributed by atoms with Crippen molar-refractivity contribution in [1.29, 1.82) is 0 Å². The van der Waals surface area contributed by atoms with Crippen molar-refractivity contribution in [1.82, 2.24) is 0 Å². The molecule has 31 heavy (non-hydrogen) atoms. The maximum Gasteiger partial charge on any atom is 0.271 e. The quantitative estimate of drug-likeness (QED) is 0.531. The van der Waals surface area contributed by atoms with E-state index < -0.39 is 15.3 Å². The number of thiophene rings is 1. The summed E-state index contributed by atoms with van der Waals surface area (Å²) < 4.78 is 27.5. The van der Waals surface area contributed by atoms with Crippen LogP contribution >= 0.6 is 23.1 Å². The van der Waals surface area contributed by atoms with Crippen LogP contribution in [-0.2, 0) is 19.6 Å². The molecule has 4 rings (SSSR count). The smallest absolute Gasteiger partial charge is 0.271 e. The van der Waals surface area contributed by atoms with Gasteiger partial charge in [0.05, 0.1) is 10.9 Å². The molecule has 1 atom stereocenters. The SMILES string of the molecule is Cc1cccc(C)c1N1C(=O)CC(Sc2ccc(NS(=O)(=O)c3cccs3)cc2)C1=O. The third-order valence-corrected chi connectivity index (χ3v) is 8.89. The van der Waals surface area contributed by atoms with Gasteiger partial charge in [0.2, 0.25) is 11.8 Å². The summed E-state index contributed by atoms with van der Waals surface area (Å²) in [6.45, 7) is 3.78. The molecular formula is C22H20N2O4S3. The van der Waals surface area contributed by atoms with Gasteiger partial charge in [0.1, 0.15) is 4.21 Å². The molecule has 1 saturated heterocycles. The first-order valence-corrected chi connectivity index (χ1v) is 12.8. The molecule has 2 heterocycles. The molecule has 6 nitrogen and oxygen atoms in total. The standard InChI is InChI=1S/C22H20N2O4S3/c1-14-5-3-6-15(2)21(14)24-19(25)13-18(22(24)26)30-17-10-8-16(9-11-17)23-31(27,28)20-7-4-12-29-20/h3-12,18,23H,13H2,1-2H3. The van der Waals surface area contributed by atoms with Crippen molar-refractivity contribution < 1.29 is 18.0 Å². The fourth-order valence-corrected chi connectivity index (χ4v) is 6.58. The van der Waals surface area contributed by atoms with Gasteiger partial charge in [-0.3, -0.25) is 14.3 Å². The second-order valence-electron chi connectivity index (χ2n) is 7.18. The number of nitrogens with one attached hydrogen (secondary N) is 1. The zero-order chi connectivity index (χ0) is 22.2. The molecule has 2 amide bonds. The average molecular weight is 473 g/mol. The van der Waals surface area contributed by atoms with Gasteiger partial charge in [-0.2, -0.15) is 0 Å². The Morgan fingerprint density at radius 3 is 2.29 bits per heavy atom. The molecule has 1 unspecified atom stereocenters. The van der Waals surface area contributed by atoms with E-state index in [0.29, 0.717) is 11.4 Å². The van der Waals surface area contributed by atoms with E-state index in [9.17, 15) is 18.0 Å². The highest BCUT2D eigenvalue weighted by molar-refractivity contribution is 8.00. The van der Waals surface area contributed by atoms with Crippen molar-refractivity contribution in [2.75, 3.05) is 9.62 Å². The van der Waals surface area contributed by atoms with Crippen molar-refractivity contribution in [3.63, 3.8) is 0 Å². The lowest BCUT2D eigenvalue weighted by molar-refractivity contribution is -0.121. The topological polar surface area (TPSA) is 83.6 Å². The van der Waals surface area contributed by atoms with E-state index in [2.05, 4.69) is 4.72 Å². The Balaban J connectivity index is 1.48. The van der Waals surface area contributed by atoms with Gasteiger partial charge in [-0.1, -0.05) is 24.3 Å². The lowest BCUT2D eigenvalue weighted by Gasteiger charge is -2.19. The molecule has 160 valence electrons. The molecule has 0 spiro atoms. The van der Waals surface area contributed by atoms with Crippen LogP contribution in [0.3, 0.4) is 0 Å². The number of hydrogen-bond donors (Lipinski definition) is 1. The van der Waals surface area contributed by atoms with Crippen molar-refractivity contribution in [2.45, 2.75) is 34.6 Å². The monoisotopic (exact) mass is 472 g/mol. The second kappa shape index (κ2) is 8.49. The number of carbonyl (C=O) groups is 2. The van der Waals surface area contributed by atoms with E-state index in [1.807, 2.05) is 32.0 Å². The minimum atomic E-state index is -3.61. The van der Waals surface area contributed by atoms with Crippen LogP contribution in [0.2, 0.25) is 0 Å². The summed E-state index contributed by atoms with van der Waals surface area (Å²) >= 11 is 2.46. The lowest BCUT2D eigenvalue weighted by Crippen LogP contribution is -2.32. The fraction of sp³-hybridized carbons (Fsp3) is 0.182. The zero-order valence-electron chi connectivity index (χ0n) is 16.9. The predicted molar refractivity (Wildman–Crippen MR) is 124 cm³/mol. The summed E-state index contributed by atoms with van der Waals surface area (Å²) in [4.78, 5) is 27.7. The summed E-state index contributed by atoms with van der Waals surface area (Å²) in [6, 6.07) is 15.7. The van der Waals surface area contributed by atoms with Crippen molar-refractivity contribution in [3.8, 4) is 0 Å². The van der Waals surface area contributed by atoms with E-state index in [0.717, 1.165) is 27.4 Å². The average Bonchev–Trinajstić information content (AvgIpc) is 3.34. The first-order chi connectivity index (χ1) is 14.8. The van der Waals surface area contributed by atoms with Crippen LogP contribution in [0.4, 0.5) is 11.4 Å². The van der Waals surface area contributed by atoms with E-state index in [1.165, 1.54) is 16.7 Å². The molecule has 0 radical (unpaired) electrons. The van der Waals surface area contributed by atoms with Gasteiger partial charge in [-0.15, -0.1) is 23.1 Å². The van der Waals surface area contributed by atoms with Gasteiger partial charge < -0.3 is 0 Å². The number of aryl methyl sites for hydroxylation is 2. The Labute approximate surface area is 189 Å². The Kier molecular flexibility index (Phi) is 5.92. The second-order valence-corrected chi connectivity index (χ2v) is 11.3. The number of rotatable bonds is 6. The maximum absolute atomic E-state index is 13.0. The molecule has 1 aromatic heterocycles. The molecule has 1 aliphatic rings. The van der Waals surface area contributed by atoms with Gasteiger partial charge in [0.15, 0.2) is 0 Å². The number of imide groups is 1. The number of anilines is 2. The highest BCUT2D eigenvalue weighted by atomic mass is 32.2. The predicted octanol–water partition coefficient (Wildman–Crippen LogP) is 4.59. The summed E-state index contributed by atoms with van der Waals surface area (Å²) in [5, 5.41) is 1.19. The van der Waals surface area contributed by atoms with Crippen LogP contribution in [0.15, 0.2) is 69.1 Å². The van der Waals surface area contributed by atoms with E-state index in [4.69, 9.17) is 0 Å². The van der Waals surface area contributed by atoms with Crippen LogP contribution in [-0.4, -0.2) is 25.5 Å². The summed E-state index contributed by atoms with van der Waals surface area (Å²) in [5.74, 6) is -0.435. The number of thioether (sulfide) groups is 1. The zero-order valence-corrected chi connectivity index (χ0v) is 19.3. The number of benzene rings is 2. The number of nitrogens with zero attached hydrogens (tertiary/aromatic N) is 1. The third-order valence-electron chi connectivity index (χ3n) is 4.91. The van der Waals surface area contributed by atoms with Crippen molar-refractivity contribution in [2.24, 2.45) is 0 Å². The molecule has 1 aliphatic heterocycles. The molecule has 1 fully saturated rings. The lowest BCUT2D eigenvalue weighted by atomic mass is 10.1. The van der Waals surface area contributed by atoms with Gasteiger partial charge in [0.25, 0.3) is 10.0 Å². The number of amides is 2. The van der Waals surface area contributed by atoms with Crippen LogP contribution in [0.25, 0.3) is 0 Å². The van der Waals surface area contributed by atoms with Crippen molar-refractivity contribution >= 4 is 56.3 Å². The van der Waals surface area contributed by atoms with Gasteiger partial charge >= 0.3 is 0 Å². The van der Waals surface area contributed by atoms with Crippen molar-refractivity contribution in [3.05, 3.63) is 71.1 Å². The van der Waals surface area contributed by atoms with Gasteiger partial charge in [0, 0.05) is 17.0 Å². The molecule has 0 bridgehead atoms. The molecule has 2 aromatic carbocycles. The Morgan fingerprint density at radius 1 is 1.00 bits per heavy atom. The van der Waals surface area contributed by atoms with Crippen LogP contribution in [0.1, 0.15) is 17.5 Å². The molecular weight excluding hydrogens is 452 g/mol. The van der Waals surface area contributed by atoms with Gasteiger partial charge in [-0.25, -0.2) is 13.3 Å². The molecule has 0 aliphatic carbocycles. The highest BCUT2D eigenvalue weighted by Gasteiger charge is 2.41. The third kappa shape index (κ3) is 4.39.